The van der Waals surface area contributed by atoms with Crippen LogP contribution in [0.2, 0.25) is 0 Å². The van der Waals surface area contributed by atoms with Gasteiger partial charge in [-0.1, -0.05) is 25.1 Å². The smallest absolute Gasteiger partial charge is 0.316 e. The van der Waals surface area contributed by atoms with Crippen molar-refractivity contribution in [2.75, 3.05) is 31.7 Å². The molecule has 1 unspecified atom stereocenters. The van der Waals surface area contributed by atoms with Crippen LogP contribution in [0.5, 0.6) is 5.75 Å². The van der Waals surface area contributed by atoms with Crippen molar-refractivity contribution in [2.24, 2.45) is 5.92 Å². The summed E-state index contributed by atoms with van der Waals surface area (Å²) in [5.74, 6) is 0.394. The highest BCUT2D eigenvalue weighted by Gasteiger charge is 2.27. The van der Waals surface area contributed by atoms with E-state index in [0.29, 0.717) is 32.4 Å². The number of carbonyl (C=O) groups is 2. The van der Waals surface area contributed by atoms with Gasteiger partial charge in [0.2, 0.25) is 0 Å². The van der Waals surface area contributed by atoms with Crippen LogP contribution in [0.4, 0.5) is 5.82 Å². The molecular formula is C23H30N2O4. The second kappa shape index (κ2) is 11.8. The number of benzene rings is 1. The fourth-order valence-electron chi connectivity index (χ4n) is 2.94. The summed E-state index contributed by atoms with van der Waals surface area (Å²) in [6.45, 7) is 5.17. The fourth-order valence-corrected chi connectivity index (χ4v) is 2.94. The van der Waals surface area contributed by atoms with E-state index < -0.39 is 11.9 Å². The molecule has 6 nitrogen and oxygen atoms in total. The first-order chi connectivity index (χ1) is 14.0. The van der Waals surface area contributed by atoms with Crippen molar-refractivity contribution in [3.05, 3.63) is 54.2 Å². The number of ketones is 1. The number of pyridine rings is 1. The Balaban J connectivity index is 1.89. The quantitative estimate of drug-likeness (QED) is 0.401. The fraction of sp³-hybridized carbons (Fsp3) is 0.435. The van der Waals surface area contributed by atoms with Crippen LogP contribution in [0.25, 0.3) is 0 Å². The summed E-state index contributed by atoms with van der Waals surface area (Å²) >= 11 is 0. The number of nitrogens with zero attached hydrogens (tertiary/aromatic N) is 2. The molecule has 1 heterocycles. The van der Waals surface area contributed by atoms with Crippen molar-refractivity contribution in [1.82, 2.24) is 4.98 Å². The van der Waals surface area contributed by atoms with Crippen molar-refractivity contribution in [3.63, 3.8) is 0 Å². The molecule has 0 fully saturated rings. The first-order valence-corrected chi connectivity index (χ1v) is 10.1. The van der Waals surface area contributed by atoms with Crippen molar-refractivity contribution in [3.8, 4) is 5.75 Å². The lowest BCUT2D eigenvalue weighted by molar-refractivity contribution is -0.151. The minimum Gasteiger partial charge on any atom is -0.492 e. The molecule has 0 radical (unpaired) electrons. The molecule has 0 bridgehead atoms. The zero-order valence-corrected chi connectivity index (χ0v) is 17.5. The van der Waals surface area contributed by atoms with Crippen LogP contribution in [-0.2, 0) is 20.7 Å². The molecule has 2 aromatic rings. The van der Waals surface area contributed by atoms with E-state index in [-0.39, 0.29) is 12.4 Å². The average molecular weight is 399 g/mol. The molecule has 156 valence electrons. The maximum absolute atomic E-state index is 12.3. The Morgan fingerprint density at radius 1 is 1.10 bits per heavy atom. The highest BCUT2D eigenvalue weighted by atomic mass is 16.5. The van der Waals surface area contributed by atoms with Gasteiger partial charge in [0.05, 0.1) is 13.2 Å². The molecule has 0 aliphatic rings. The lowest BCUT2D eigenvalue weighted by atomic mass is 9.93. The molecule has 0 amide bonds. The van der Waals surface area contributed by atoms with E-state index in [0.717, 1.165) is 17.1 Å². The molecule has 2 rings (SSSR count). The van der Waals surface area contributed by atoms with Gasteiger partial charge in [0, 0.05) is 19.7 Å². The third-order valence-electron chi connectivity index (χ3n) is 4.56. The summed E-state index contributed by atoms with van der Waals surface area (Å²) < 4.78 is 10.9. The topological polar surface area (TPSA) is 68.7 Å². The maximum Gasteiger partial charge on any atom is 0.316 e. The number of esters is 1. The van der Waals surface area contributed by atoms with Crippen LogP contribution in [0.15, 0.2) is 48.7 Å². The number of aromatic nitrogens is 1. The van der Waals surface area contributed by atoms with Gasteiger partial charge in [-0.3, -0.25) is 9.59 Å². The van der Waals surface area contributed by atoms with Gasteiger partial charge in [-0.2, -0.15) is 0 Å². The molecule has 1 atom stereocenters. The largest absolute Gasteiger partial charge is 0.492 e. The van der Waals surface area contributed by atoms with E-state index in [9.17, 15) is 9.59 Å². The second-order valence-corrected chi connectivity index (χ2v) is 6.83. The molecule has 0 saturated heterocycles. The molecule has 1 aromatic carbocycles. The van der Waals surface area contributed by atoms with Crippen molar-refractivity contribution in [2.45, 2.75) is 33.1 Å². The lowest BCUT2D eigenvalue weighted by Gasteiger charge is -2.18. The Bertz CT molecular complexity index is 744. The Hall–Kier alpha value is -2.89. The summed E-state index contributed by atoms with van der Waals surface area (Å²) in [4.78, 5) is 30.8. The lowest BCUT2D eigenvalue weighted by Crippen LogP contribution is -2.28. The first kappa shape index (κ1) is 22.4. The summed E-state index contributed by atoms with van der Waals surface area (Å²) in [6.07, 6.45) is 3.21. The normalized spacial score (nSPS) is 11.6. The highest BCUT2D eigenvalue weighted by Crippen LogP contribution is 2.18. The van der Waals surface area contributed by atoms with Crippen molar-refractivity contribution < 1.29 is 19.1 Å². The summed E-state index contributed by atoms with van der Waals surface area (Å²) in [5, 5.41) is 0. The van der Waals surface area contributed by atoms with Gasteiger partial charge >= 0.3 is 5.97 Å². The van der Waals surface area contributed by atoms with Gasteiger partial charge in [0.15, 0.2) is 0 Å². The molecule has 29 heavy (non-hydrogen) atoms. The monoisotopic (exact) mass is 398 g/mol. The molecule has 0 saturated carbocycles. The summed E-state index contributed by atoms with van der Waals surface area (Å²) in [6, 6.07) is 13.3. The summed E-state index contributed by atoms with van der Waals surface area (Å²) in [5.41, 5.74) is 0.908. The van der Waals surface area contributed by atoms with Crippen LogP contribution in [0.3, 0.4) is 0 Å². The Morgan fingerprint density at radius 3 is 2.48 bits per heavy atom. The van der Waals surface area contributed by atoms with Gasteiger partial charge in [-0.15, -0.1) is 0 Å². The third kappa shape index (κ3) is 7.22. The number of carbonyl (C=O) groups excluding carboxylic acids is 2. The molecular weight excluding hydrogens is 368 g/mol. The minimum atomic E-state index is -0.742. The van der Waals surface area contributed by atoms with Crippen LogP contribution in [0.1, 0.15) is 32.3 Å². The molecule has 6 heteroatoms. The minimum absolute atomic E-state index is 0.0659. The number of hydrogen-bond donors (Lipinski definition) is 0. The van der Waals surface area contributed by atoms with E-state index >= 15 is 0 Å². The van der Waals surface area contributed by atoms with E-state index in [1.807, 2.05) is 61.3 Å². The van der Waals surface area contributed by atoms with E-state index in [1.54, 1.807) is 13.1 Å². The van der Waals surface area contributed by atoms with Crippen LogP contribution < -0.4 is 9.64 Å². The standard InChI is InChI=1S/C23H30N2O4/c1-4-8-21(26)20(23(27)28-5-2)17-18-10-12-19(13-11-18)29-16-15-25(3)22-9-6-7-14-24-22/h6-7,9-14,20H,4-5,8,15-17H2,1-3H3. The third-order valence-corrected chi connectivity index (χ3v) is 4.56. The number of anilines is 1. The maximum atomic E-state index is 12.3. The number of likely N-dealkylation sites (N-methyl/N-ethyl adjacent to an activating group) is 1. The van der Waals surface area contributed by atoms with Gasteiger partial charge in [-0.05, 0) is 49.6 Å². The van der Waals surface area contributed by atoms with Crippen molar-refractivity contribution in [1.29, 1.82) is 0 Å². The number of Topliss-reactive ketones (excluding diaryl/α,β-unsaturated/α-hetero) is 1. The van der Waals surface area contributed by atoms with E-state index in [2.05, 4.69) is 4.98 Å². The molecule has 0 N–H and O–H groups in total. The number of ether oxygens (including phenoxy) is 2. The molecule has 1 aromatic heterocycles. The Morgan fingerprint density at radius 2 is 1.86 bits per heavy atom. The predicted molar refractivity (Wildman–Crippen MR) is 113 cm³/mol. The van der Waals surface area contributed by atoms with Crippen LogP contribution in [-0.4, -0.2) is 43.5 Å². The molecule has 0 aliphatic heterocycles. The Kier molecular flexibility index (Phi) is 9.15. The van der Waals surface area contributed by atoms with Gasteiger partial charge < -0.3 is 14.4 Å². The number of hydrogen-bond acceptors (Lipinski definition) is 6. The second-order valence-electron chi connectivity index (χ2n) is 6.83. The van der Waals surface area contributed by atoms with Gasteiger partial charge in [0.25, 0.3) is 0 Å². The zero-order chi connectivity index (χ0) is 21.1. The predicted octanol–water partition coefficient (Wildman–Crippen LogP) is 3.69. The van der Waals surface area contributed by atoms with Gasteiger partial charge in [-0.25, -0.2) is 4.98 Å². The SMILES string of the molecule is CCCC(=O)C(Cc1ccc(OCCN(C)c2ccccn2)cc1)C(=O)OCC. The molecule has 0 spiro atoms. The zero-order valence-electron chi connectivity index (χ0n) is 17.5. The Labute approximate surface area is 172 Å². The number of rotatable bonds is 12. The van der Waals surface area contributed by atoms with Crippen LogP contribution in [0, 0.1) is 5.92 Å². The highest BCUT2D eigenvalue weighted by molar-refractivity contribution is 5.99. The van der Waals surface area contributed by atoms with Crippen molar-refractivity contribution >= 4 is 17.6 Å². The average Bonchev–Trinajstić information content (AvgIpc) is 2.74. The van der Waals surface area contributed by atoms with E-state index in [1.165, 1.54) is 0 Å². The summed E-state index contributed by atoms with van der Waals surface area (Å²) in [7, 11) is 1.97. The van der Waals surface area contributed by atoms with Crippen LogP contribution >= 0.6 is 0 Å². The first-order valence-electron chi connectivity index (χ1n) is 10.1. The van der Waals surface area contributed by atoms with Gasteiger partial charge in [0.1, 0.15) is 29.9 Å². The molecule has 0 aliphatic carbocycles. The van der Waals surface area contributed by atoms with E-state index in [4.69, 9.17) is 9.47 Å².